The lowest BCUT2D eigenvalue weighted by atomic mass is 10.1. The molecule has 0 unspecified atom stereocenters. The van der Waals surface area contributed by atoms with Crippen LogP contribution >= 0.6 is 0 Å². The van der Waals surface area contributed by atoms with Gasteiger partial charge in [0.2, 0.25) is 5.89 Å². The predicted octanol–water partition coefficient (Wildman–Crippen LogP) is 2.07. The van der Waals surface area contributed by atoms with E-state index in [0.29, 0.717) is 5.92 Å². The third-order valence-electron chi connectivity index (χ3n) is 2.16. The van der Waals surface area contributed by atoms with Crippen LogP contribution in [0.5, 0.6) is 0 Å². The molecule has 64 valence electrons. The molecule has 1 aliphatic carbocycles. The average Bonchev–Trinajstić information content (AvgIpc) is 2.75. The van der Waals surface area contributed by atoms with Gasteiger partial charge in [0.15, 0.2) is 5.82 Å². The number of rotatable bonds is 2. The Labute approximate surface area is 71.5 Å². The second kappa shape index (κ2) is 3.09. The molecule has 0 amide bonds. The molecular weight excluding hydrogens is 152 g/mol. The maximum Gasteiger partial charge on any atom is 0.230 e. The fraction of sp³-hybridized carbons (Fsp3) is 0.556. The normalized spacial score (nSPS) is 17.4. The van der Waals surface area contributed by atoms with Gasteiger partial charge < -0.3 is 4.52 Å². The molecule has 0 saturated heterocycles. The lowest BCUT2D eigenvalue weighted by Gasteiger charge is -1.99. The molecule has 12 heavy (non-hydrogen) atoms. The topological polar surface area (TPSA) is 38.9 Å². The van der Waals surface area contributed by atoms with Crippen molar-refractivity contribution in [2.75, 3.05) is 0 Å². The van der Waals surface area contributed by atoms with Crippen molar-refractivity contribution in [3.05, 3.63) is 23.9 Å². The summed E-state index contributed by atoms with van der Waals surface area (Å²) in [6, 6.07) is 0. The van der Waals surface area contributed by atoms with Gasteiger partial charge in [0.05, 0.1) is 0 Å². The van der Waals surface area contributed by atoms with Crippen molar-refractivity contribution < 1.29 is 4.52 Å². The summed E-state index contributed by atoms with van der Waals surface area (Å²) in [5.41, 5.74) is 0. The van der Waals surface area contributed by atoms with Crippen molar-refractivity contribution in [1.82, 2.24) is 10.1 Å². The third kappa shape index (κ3) is 1.26. The molecule has 1 aliphatic rings. The molecule has 0 spiro atoms. The molecule has 1 heterocycles. The number of aromatic nitrogens is 2. The quantitative estimate of drug-likeness (QED) is 0.628. The zero-order valence-electron chi connectivity index (χ0n) is 7.16. The van der Waals surface area contributed by atoms with E-state index in [1.807, 2.05) is 6.92 Å². The molecule has 0 bridgehead atoms. The summed E-state index contributed by atoms with van der Waals surface area (Å²) >= 11 is 0. The summed E-state index contributed by atoms with van der Waals surface area (Å²) in [5, 5.41) is 3.87. The van der Waals surface area contributed by atoms with Crippen LogP contribution in [-0.2, 0) is 6.42 Å². The molecule has 0 atom stereocenters. The Morgan fingerprint density at radius 2 is 2.25 bits per heavy atom. The van der Waals surface area contributed by atoms with Crippen LogP contribution in [0, 0.1) is 0 Å². The van der Waals surface area contributed by atoms with Crippen molar-refractivity contribution in [2.45, 2.75) is 32.1 Å². The first-order chi connectivity index (χ1) is 5.90. The number of aryl methyl sites for hydroxylation is 1. The zero-order valence-corrected chi connectivity index (χ0v) is 7.16. The first kappa shape index (κ1) is 7.53. The molecule has 1 aromatic heterocycles. The minimum atomic E-state index is 0.442. The van der Waals surface area contributed by atoms with Crippen LogP contribution in [-0.4, -0.2) is 10.1 Å². The average molecular weight is 164 g/mol. The molecule has 0 aliphatic heterocycles. The first-order valence-corrected chi connectivity index (χ1v) is 4.37. The highest BCUT2D eigenvalue weighted by molar-refractivity contribution is 5.06. The van der Waals surface area contributed by atoms with E-state index in [1.165, 1.54) is 0 Å². The highest BCUT2D eigenvalue weighted by atomic mass is 16.5. The minimum Gasteiger partial charge on any atom is -0.339 e. The van der Waals surface area contributed by atoms with Crippen molar-refractivity contribution in [1.29, 1.82) is 0 Å². The van der Waals surface area contributed by atoms with E-state index in [1.54, 1.807) is 0 Å². The molecule has 3 heteroatoms. The molecule has 0 N–H and O–H groups in total. The van der Waals surface area contributed by atoms with Crippen LogP contribution in [0.3, 0.4) is 0 Å². The summed E-state index contributed by atoms with van der Waals surface area (Å²) < 4.78 is 5.14. The fourth-order valence-electron chi connectivity index (χ4n) is 1.40. The van der Waals surface area contributed by atoms with Crippen molar-refractivity contribution in [3.8, 4) is 0 Å². The summed E-state index contributed by atoms with van der Waals surface area (Å²) in [6.45, 7) is 2.03. The van der Waals surface area contributed by atoms with E-state index >= 15 is 0 Å². The van der Waals surface area contributed by atoms with Crippen molar-refractivity contribution in [3.63, 3.8) is 0 Å². The number of hydrogen-bond donors (Lipinski definition) is 0. The van der Waals surface area contributed by atoms with Crippen LogP contribution in [0.2, 0.25) is 0 Å². The summed E-state index contributed by atoms with van der Waals surface area (Å²) in [4.78, 5) is 4.29. The Hall–Kier alpha value is -1.12. The Balaban J connectivity index is 2.12. The minimum absolute atomic E-state index is 0.442. The summed E-state index contributed by atoms with van der Waals surface area (Å²) in [7, 11) is 0. The number of allylic oxidation sites excluding steroid dienone is 2. The largest absolute Gasteiger partial charge is 0.339 e. The second-order valence-electron chi connectivity index (χ2n) is 3.04. The second-order valence-corrected chi connectivity index (χ2v) is 3.04. The van der Waals surface area contributed by atoms with Crippen molar-refractivity contribution in [2.24, 2.45) is 0 Å². The van der Waals surface area contributed by atoms with E-state index in [0.717, 1.165) is 31.0 Å². The van der Waals surface area contributed by atoms with Gasteiger partial charge in [-0.2, -0.15) is 4.98 Å². The van der Waals surface area contributed by atoms with Crippen LogP contribution in [0.15, 0.2) is 16.7 Å². The lowest BCUT2D eigenvalue weighted by molar-refractivity contribution is 0.353. The van der Waals surface area contributed by atoms with E-state index < -0.39 is 0 Å². The SMILES string of the molecule is CCc1noc(C2CC=CC2)n1. The molecule has 0 fully saturated rings. The Morgan fingerprint density at radius 1 is 1.50 bits per heavy atom. The lowest BCUT2D eigenvalue weighted by Crippen LogP contribution is -1.93. The van der Waals surface area contributed by atoms with Crippen molar-refractivity contribution >= 4 is 0 Å². The van der Waals surface area contributed by atoms with Gasteiger partial charge in [-0.3, -0.25) is 0 Å². The molecule has 2 rings (SSSR count). The smallest absolute Gasteiger partial charge is 0.230 e. The van der Waals surface area contributed by atoms with Crippen LogP contribution in [0.25, 0.3) is 0 Å². The highest BCUT2D eigenvalue weighted by Gasteiger charge is 2.18. The van der Waals surface area contributed by atoms with Crippen LogP contribution in [0.4, 0.5) is 0 Å². The van der Waals surface area contributed by atoms with E-state index in [9.17, 15) is 0 Å². The molecule has 0 aromatic carbocycles. The molecule has 0 saturated carbocycles. The zero-order chi connectivity index (χ0) is 8.39. The maximum atomic E-state index is 5.14. The summed E-state index contributed by atoms with van der Waals surface area (Å²) in [5.74, 6) is 2.06. The molecule has 0 radical (unpaired) electrons. The molecule has 3 nitrogen and oxygen atoms in total. The maximum absolute atomic E-state index is 5.14. The van der Waals surface area contributed by atoms with Gasteiger partial charge in [-0.05, 0) is 12.8 Å². The fourth-order valence-corrected chi connectivity index (χ4v) is 1.40. The monoisotopic (exact) mass is 164 g/mol. The van der Waals surface area contributed by atoms with E-state index in [4.69, 9.17) is 4.52 Å². The number of hydrogen-bond acceptors (Lipinski definition) is 3. The standard InChI is InChI=1S/C9H12N2O/c1-2-8-10-9(12-11-8)7-5-3-4-6-7/h3-4,7H,2,5-6H2,1H3. The predicted molar refractivity (Wildman–Crippen MR) is 44.8 cm³/mol. The van der Waals surface area contributed by atoms with Crippen LogP contribution in [0.1, 0.15) is 37.4 Å². The van der Waals surface area contributed by atoms with Crippen LogP contribution < -0.4 is 0 Å². The van der Waals surface area contributed by atoms with E-state index in [2.05, 4.69) is 22.3 Å². The van der Waals surface area contributed by atoms with Gasteiger partial charge in [0.25, 0.3) is 0 Å². The van der Waals surface area contributed by atoms with Gasteiger partial charge in [-0.15, -0.1) is 0 Å². The third-order valence-corrected chi connectivity index (χ3v) is 2.16. The highest BCUT2D eigenvalue weighted by Crippen LogP contribution is 2.27. The first-order valence-electron chi connectivity index (χ1n) is 4.37. The van der Waals surface area contributed by atoms with Gasteiger partial charge >= 0.3 is 0 Å². The Bertz CT molecular complexity index is 282. The molecule has 1 aromatic rings. The van der Waals surface area contributed by atoms with Gasteiger partial charge in [0.1, 0.15) is 0 Å². The molecular formula is C9H12N2O. The van der Waals surface area contributed by atoms with Gasteiger partial charge in [-0.1, -0.05) is 24.2 Å². The summed E-state index contributed by atoms with van der Waals surface area (Å²) in [6.07, 6.45) is 7.28. The Morgan fingerprint density at radius 3 is 2.83 bits per heavy atom. The van der Waals surface area contributed by atoms with Gasteiger partial charge in [-0.25, -0.2) is 0 Å². The van der Waals surface area contributed by atoms with E-state index in [-0.39, 0.29) is 0 Å². The van der Waals surface area contributed by atoms with Gasteiger partial charge in [0, 0.05) is 12.3 Å². The Kier molecular flexibility index (Phi) is 1.94. The number of nitrogens with zero attached hydrogens (tertiary/aromatic N) is 2.